The van der Waals surface area contributed by atoms with E-state index in [-0.39, 0.29) is 16.5 Å². The summed E-state index contributed by atoms with van der Waals surface area (Å²) in [4.78, 5) is 16.1. The number of aromatic nitrogens is 2. The van der Waals surface area contributed by atoms with Crippen LogP contribution in [0.1, 0.15) is 21.5 Å². The van der Waals surface area contributed by atoms with Crippen molar-refractivity contribution in [3.8, 4) is 0 Å². The van der Waals surface area contributed by atoms with Crippen LogP contribution in [0.25, 0.3) is 10.9 Å². The lowest BCUT2D eigenvalue weighted by molar-refractivity contribution is 0.0955. The van der Waals surface area contributed by atoms with Crippen LogP contribution in [0.4, 0.5) is 4.39 Å². The van der Waals surface area contributed by atoms with Crippen LogP contribution in [0.15, 0.2) is 78.2 Å². The largest absolute Gasteiger partial charge is 0.342 e. The average molecular weight is 407 g/mol. The van der Waals surface area contributed by atoms with Crippen LogP contribution < -0.4 is 5.43 Å². The minimum atomic E-state index is -0.450. The van der Waals surface area contributed by atoms with Gasteiger partial charge in [-0.2, -0.15) is 5.10 Å². The number of para-hydroxylation sites is 1. The predicted molar refractivity (Wildman–Crippen MR) is 112 cm³/mol. The lowest BCUT2D eigenvalue weighted by Gasteiger charge is -2.06. The molecule has 144 valence electrons. The SMILES string of the molecule is O=C(NN=Cc1cn(Cc2ccccc2F)c2ccccc12)c1cccnc1Cl. The van der Waals surface area contributed by atoms with E-state index in [1.165, 1.54) is 12.3 Å². The van der Waals surface area contributed by atoms with Gasteiger partial charge in [-0.05, 0) is 24.3 Å². The molecule has 0 saturated heterocycles. The number of carbonyl (C=O) groups excluding carboxylic acids is 1. The number of fused-ring (bicyclic) bond motifs is 1. The molecule has 0 radical (unpaired) electrons. The molecule has 0 fully saturated rings. The van der Waals surface area contributed by atoms with Crippen molar-refractivity contribution in [1.82, 2.24) is 15.0 Å². The minimum Gasteiger partial charge on any atom is -0.342 e. The molecule has 2 aromatic carbocycles. The number of nitrogens with one attached hydrogen (secondary N) is 1. The normalized spacial score (nSPS) is 11.2. The van der Waals surface area contributed by atoms with E-state index in [4.69, 9.17) is 11.6 Å². The van der Waals surface area contributed by atoms with Gasteiger partial charge in [-0.15, -0.1) is 0 Å². The molecule has 0 saturated carbocycles. The Bertz CT molecular complexity index is 1220. The quantitative estimate of drug-likeness (QED) is 0.298. The molecule has 29 heavy (non-hydrogen) atoms. The molecule has 5 nitrogen and oxygen atoms in total. The van der Waals surface area contributed by atoms with Gasteiger partial charge in [0.2, 0.25) is 0 Å². The second-order valence-electron chi connectivity index (χ2n) is 6.36. The van der Waals surface area contributed by atoms with Crippen LogP contribution in [0, 0.1) is 5.82 Å². The van der Waals surface area contributed by atoms with Gasteiger partial charge in [0.1, 0.15) is 11.0 Å². The van der Waals surface area contributed by atoms with Crippen LogP contribution >= 0.6 is 11.6 Å². The summed E-state index contributed by atoms with van der Waals surface area (Å²) in [6.07, 6.45) is 4.94. The standard InChI is InChI=1S/C22H16ClFN4O/c23-21-18(8-5-11-25-21)22(29)27-26-12-16-14-28(20-10-4-2-7-17(16)20)13-15-6-1-3-9-19(15)24/h1-12,14H,13H2,(H,27,29). The zero-order valence-electron chi connectivity index (χ0n) is 15.2. The third-order valence-electron chi connectivity index (χ3n) is 4.49. The third kappa shape index (κ3) is 4.02. The summed E-state index contributed by atoms with van der Waals surface area (Å²) in [5, 5.41) is 5.11. The number of pyridine rings is 1. The Morgan fingerprint density at radius 1 is 1.14 bits per heavy atom. The maximum Gasteiger partial charge on any atom is 0.274 e. The molecule has 1 N–H and O–H groups in total. The summed E-state index contributed by atoms with van der Waals surface area (Å²) in [6, 6.07) is 17.6. The second kappa shape index (κ2) is 8.24. The highest BCUT2D eigenvalue weighted by atomic mass is 35.5. The first-order valence-corrected chi connectivity index (χ1v) is 9.26. The highest BCUT2D eigenvalue weighted by Crippen LogP contribution is 2.22. The van der Waals surface area contributed by atoms with E-state index in [9.17, 15) is 9.18 Å². The molecule has 1 amide bonds. The lowest BCUT2D eigenvalue weighted by Crippen LogP contribution is -2.18. The van der Waals surface area contributed by atoms with Gasteiger partial charge in [0.05, 0.1) is 18.3 Å². The Balaban J connectivity index is 1.59. The number of rotatable bonds is 5. The highest BCUT2D eigenvalue weighted by Gasteiger charge is 2.11. The molecule has 7 heteroatoms. The summed E-state index contributed by atoms with van der Waals surface area (Å²) in [6.45, 7) is 0.388. The fourth-order valence-electron chi connectivity index (χ4n) is 3.10. The van der Waals surface area contributed by atoms with Gasteiger partial charge in [0, 0.05) is 34.4 Å². The Morgan fingerprint density at radius 3 is 2.76 bits per heavy atom. The number of carbonyl (C=O) groups is 1. The minimum absolute atomic E-state index is 0.113. The van der Waals surface area contributed by atoms with Gasteiger partial charge >= 0.3 is 0 Å². The van der Waals surface area contributed by atoms with Gasteiger partial charge < -0.3 is 4.57 Å². The summed E-state index contributed by atoms with van der Waals surface area (Å²) in [7, 11) is 0. The summed E-state index contributed by atoms with van der Waals surface area (Å²) >= 11 is 5.93. The van der Waals surface area contributed by atoms with Crippen LogP contribution in [-0.2, 0) is 6.54 Å². The first-order chi connectivity index (χ1) is 14.1. The van der Waals surface area contributed by atoms with Crippen molar-refractivity contribution < 1.29 is 9.18 Å². The van der Waals surface area contributed by atoms with Crippen LogP contribution in [0.3, 0.4) is 0 Å². The summed E-state index contributed by atoms with van der Waals surface area (Å²) in [5.74, 6) is -0.699. The zero-order chi connectivity index (χ0) is 20.2. The van der Waals surface area contributed by atoms with Crippen LogP contribution in [0.2, 0.25) is 5.15 Å². The van der Waals surface area contributed by atoms with Gasteiger partial charge in [-0.1, -0.05) is 48.0 Å². The number of amides is 1. The lowest BCUT2D eigenvalue weighted by atomic mass is 10.2. The molecule has 0 aliphatic carbocycles. The van der Waals surface area contributed by atoms with Crippen molar-refractivity contribution in [2.24, 2.45) is 5.10 Å². The number of benzene rings is 2. The highest BCUT2D eigenvalue weighted by molar-refractivity contribution is 6.32. The van der Waals surface area contributed by atoms with Crippen molar-refractivity contribution in [2.45, 2.75) is 6.54 Å². The fourth-order valence-corrected chi connectivity index (χ4v) is 3.30. The molecule has 0 atom stereocenters. The Labute approximate surface area is 171 Å². The van der Waals surface area contributed by atoms with Crippen molar-refractivity contribution in [3.05, 3.63) is 101 Å². The monoisotopic (exact) mass is 406 g/mol. The number of hydrazone groups is 1. The Hall–Kier alpha value is -3.51. The second-order valence-corrected chi connectivity index (χ2v) is 6.72. The maximum absolute atomic E-state index is 14.1. The van der Waals surface area contributed by atoms with E-state index in [2.05, 4.69) is 15.5 Å². The topological polar surface area (TPSA) is 59.3 Å². The van der Waals surface area contributed by atoms with Crippen molar-refractivity contribution >= 4 is 34.6 Å². The van der Waals surface area contributed by atoms with E-state index in [0.717, 1.165) is 16.5 Å². The molecule has 4 rings (SSSR count). The molecule has 0 spiro atoms. The summed E-state index contributed by atoms with van der Waals surface area (Å²) in [5.41, 5.74) is 5.04. The van der Waals surface area contributed by atoms with Gasteiger partial charge in [0.15, 0.2) is 0 Å². The van der Waals surface area contributed by atoms with E-state index in [0.29, 0.717) is 12.1 Å². The molecule has 0 bridgehead atoms. The van der Waals surface area contributed by atoms with E-state index >= 15 is 0 Å². The van der Waals surface area contributed by atoms with Gasteiger partial charge in [-0.3, -0.25) is 4.79 Å². The zero-order valence-corrected chi connectivity index (χ0v) is 16.0. The molecule has 0 unspecified atom stereocenters. The first-order valence-electron chi connectivity index (χ1n) is 8.88. The summed E-state index contributed by atoms with van der Waals surface area (Å²) < 4.78 is 16.0. The molecule has 0 aliphatic rings. The average Bonchev–Trinajstić information content (AvgIpc) is 3.08. The Kier molecular flexibility index (Phi) is 5.35. The molecular weight excluding hydrogens is 391 g/mol. The van der Waals surface area contributed by atoms with Gasteiger partial charge in [-0.25, -0.2) is 14.8 Å². The van der Waals surface area contributed by atoms with Crippen molar-refractivity contribution in [3.63, 3.8) is 0 Å². The van der Waals surface area contributed by atoms with Crippen LogP contribution in [0.5, 0.6) is 0 Å². The number of hydrogen-bond acceptors (Lipinski definition) is 3. The van der Waals surface area contributed by atoms with E-state index in [1.54, 1.807) is 30.5 Å². The molecule has 0 aliphatic heterocycles. The van der Waals surface area contributed by atoms with Crippen molar-refractivity contribution in [1.29, 1.82) is 0 Å². The molecule has 2 aromatic heterocycles. The van der Waals surface area contributed by atoms with Crippen LogP contribution in [-0.4, -0.2) is 21.7 Å². The van der Waals surface area contributed by atoms with E-state index < -0.39 is 5.91 Å². The predicted octanol–water partition coefficient (Wildman–Crippen LogP) is 4.64. The first kappa shape index (κ1) is 18.8. The molecule has 4 aromatic rings. The maximum atomic E-state index is 14.1. The number of nitrogens with zero attached hydrogens (tertiary/aromatic N) is 3. The van der Waals surface area contributed by atoms with Gasteiger partial charge in [0.25, 0.3) is 5.91 Å². The third-order valence-corrected chi connectivity index (χ3v) is 4.79. The van der Waals surface area contributed by atoms with Crippen molar-refractivity contribution in [2.75, 3.05) is 0 Å². The fraction of sp³-hybridized carbons (Fsp3) is 0.0455. The Morgan fingerprint density at radius 2 is 1.93 bits per heavy atom. The molecular formula is C22H16ClFN4O. The number of hydrogen-bond donors (Lipinski definition) is 1. The number of halogens is 2. The molecule has 2 heterocycles. The van der Waals surface area contributed by atoms with E-state index in [1.807, 2.05) is 41.1 Å². The smallest absolute Gasteiger partial charge is 0.274 e.